The summed E-state index contributed by atoms with van der Waals surface area (Å²) in [5.41, 5.74) is 21.9. The Morgan fingerprint density at radius 2 is 0.739 bits per heavy atom. The Kier molecular flexibility index (Phi) is 35.8. The molecule has 0 amide bonds. The van der Waals surface area contributed by atoms with Crippen LogP contribution in [-0.2, 0) is 41.5 Å². The molecule has 0 aliphatic carbocycles. The molecule has 115 heavy (non-hydrogen) atoms. The fourth-order valence-electron chi connectivity index (χ4n) is 15.7. The van der Waals surface area contributed by atoms with E-state index in [1.54, 1.807) is 6.20 Å². The standard InChI is InChI=1S/C27H33ClN4O.C22H23Cl2N3O.C20H22ClN3.C17H17ClN2O3S.C2H5I.3CH4/c1-20-26(25(33)19-31-14-3-2-4-15-31)27-24(32(20)23-9-7-22(28)8-10-23)17-21(18-29-27)11-16-30-12-5-6-13-30;1-15-21(20(28)13-23)22-19(27(15)18-6-4-17(24)5-7-18)12-16(14-25-22)8-11-26-9-2-3-10-26;1-15-12-19-20(24(15)18-6-4-17(21)5-7-18)13-16(14-22-19)8-11-23-9-2-3-10-23;1-12-8-16-17(20(12)15-4-2-14(18)3-5-15)9-13(10-19-16)6-7-23-11-24(21)22;1-2-3;;;/h7-10,17-18H,2-6,11-16,19H2,1H3;4-7,12,14H,2-3,8-11,13H2,1H3;4-7,12-14H,2-3,8-11H2,1H3;2-5,8-10H,6-7,11H2,1H3,(H,21,22);2H2,1H3;3*1H4/p-1. The van der Waals surface area contributed by atoms with Crippen molar-refractivity contribution in [2.45, 2.75) is 140 Å². The Morgan fingerprint density at radius 3 is 1.09 bits per heavy atom. The van der Waals surface area contributed by atoms with Gasteiger partial charge in [0.2, 0.25) is 0 Å². The third kappa shape index (κ3) is 24.0. The highest BCUT2D eigenvalue weighted by Crippen LogP contribution is 2.34. The number of carbonyl (C=O) groups excluding carboxylic acids is 2. The SMILES string of the molecule is C.C.C.CCI.Cc1c(C(=O)CCl)c2ncc(CCN3CCCC3)cc2n1-c1ccc(Cl)cc1.Cc1c(C(=O)CN2CCCCC2)c2ncc(CCN3CCCC3)cc2n1-c1ccc(Cl)cc1.Cc1cc2ncc(CCN3CCCC3)cc2n1-c1ccc(Cl)cc1.Cc1cc2ncc(CCOCS(=O)[O-])cc2n1-c1ccc(Cl)cc1. The second-order valence-electron chi connectivity index (χ2n) is 29.2. The van der Waals surface area contributed by atoms with Crippen molar-refractivity contribution in [2.75, 3.05) is 101 Å². The summed E-state index contributed by atoms with van der Waals surface area (Å²) in [4.78, 5) is 54.6. The molecule has 12 heterocycles. The summed E-state index contributed by atoms with van der Waals surface area (Å²) >= 11 is 30.2. The summed E-state index contributed by atoms with van der Waals surface area (Å²) in [7, 11) is 0. The summed E-state index contributed by atoms with van der Waals surface area (Å²) in [5.74, 6) is -0.270. The van der Waals surface area contributed by atoms with Crippen molar-refractivity contribution in [3.8, 4) is 22.7 Å². The summed E-state index contributed by atoms with van der Waals surface area (Å²) in [6.07, 6.45) is 22.8. The van der Waals surface area contributed by atoms with E-state index in [2.05, 4.69) is 132 Å². The van der Waals surface area contributed by atoms with Gasteiger partial charge in [-0.05, 0) is 328 Å². The van der Waals surface area contributed by atoms with Gasteiger partial charge in [-0.15, -0.1) is 11.6 Å². The van der Waals surface area contributed by atoms with Crippen molar-refractivity contribution in [1.29, 1.82) is 0 Å². The number of Topliss-reactive ketones (excluding diaryl/α,β-unsaturated/α-hetero) is 2. The first-order valence-electron chi connectivity index (χ1n) is 39.0. The summed E-state index contributed by atoms with van der Waals surface area (Å²) < 4.78 is 35.9. The highest BCUT2D eigenvalue weighted by molar-refractivity contribution is 14.1. The van der Waals surface area contributed by atoms with Gasteiger partial charge >= 0.3 is 0 Å². The molecule has 17 nitrogen and oxygen atoms in total. The zero-order valence-corrected chi connectivity index (χ0v) is 71.4. The van der Waals surface area contributed by atoms with Crippen LogP contribution in [0.5, 0.6) is 0 Å². The fourth-order valence-corrected chi connectivity index (χ4v) is 16.6. The van der Waals surface area contributed by atoms with Crippen LogP contribution in [0.2, 0.25) is 20.1 Å². The second kappa shape index (κ2) is 44.8. The van der Waals surface area contributed by atoms with Gasteiger partial charge in [0, 0.05) is 110 Å². The number of ketones is 2. The van der Waals surface area contributed by atoms with Crippen LogP contribution in [0.3, 0.4) is 0 Å². The number of halogens is 6. The predicted octanol–water partition coefficient (Wildman–Crippen LogP) is 21.7. The van der Waals surface area contributed by atoms with E-state index < -0.39 is 11.1 Å². The van der Waals surface area contributed by atoms with Crippen molar-refractivity contribution in [3.05, 3.63) is 234 Å². The highest BCUT2D eigenvalue weighted by atomic mass is 127. The number of rotatable bonds is 23. The number of pyridine rings is 4. The number of alkyl halides is 2. The lowest BCUT2D eigenvalue weighted by molar-refractivity contribution is 0.0915. The van der Waals surface area contributed by atoms with Crippen molar-refractivity contribution in [1.82, 2.24) is 57.8 Å². The molecule has 24 heteroatoms. The maximum absolute atomic E-state index is 13.5. The molecule has 0 N–H and O–H groups in total. The highest BCUT2D eigenvalue weighted by Gasteiger charge is 2.27. The molecule has 1 atom stereocenters. The number of aromatic nitrogens is 8. The number of hydrogen-bond acceptors (Lipinski definition) is 13. The fraction of sp³-hybridized carbons (Fsp3) is 0.407. The summed E-state index contributed by atoms with van der Waals surface area (Å²) in [6.45, 7) is 23.6. The van der Waals surface area contributed by atoms with Gasteiger partial charge in [0.15, 0.2) is 11.6 Å². The molecule has 0 radical (unpaired) electrons. The largest absolute Gasteiger partial charge is 0.771 e. The lowest BCUT2D eigenvalue weighted by Gasteiger charge is -2.25. The average molecular weight is 1790 g/mol. The third-order valence-corrected chi connectivity index (χ3v) is 22.9. The van der Waals surface area contributed by atoms with Crippen LogP contribution in [0, 0.1) is 27.7 Å². The number of likely N-dealkylation sites (tertiary alicyclic amines) is 4. The van der Waals surface area contributed by atoms with Crippen molar-refractivity contribution >= 4 is 147 Å². The van der Waals surface area contributed by atoms with E-state index in [1.165, 1.54) is 129 Å². The van der Waals surface area contributed by atoms with Crippen LogP contribution in [0.1, 0.15) is 153 Å². The molecule has 4 saturated heterocycles. The molecule has 8 aromatic heterocycles. The Morgan fingerprint density at radius 1 is 0.435 bits per heavy atom. The first-order chi connectivity index (χ1) is 54.3. The quantitative estimate of drug-likeness (QED) is 0.0195. The van der Waals surface area contributed by atoms with E-state index >= 15 is 0 Å². The summed E-state index contributed by atoms with van der Waals surface area (Å²) in [6, 6.07) is 44.0. The van der Waals surface area contributed by atoms with Gasteiger partial charge in [-0.1, -0.05) is 105 Å². The first-order valence-corrected chi connectivity index (χ1v) is 43.9. The number of piperidine rings is 1. The lowest BCUT2D eigenvalue weighted by atomic mass is 10.1. The molecule has 0 saturated carbocycles. The minimum atomic E-state index is -2.18. The second-order valence-corrected chi connectivity index (χ2v) is 33.6. The normalized spacial score (nSPS) is 14.7. The van der Waals surface area contributed by atoms with Crippen molar-refractivity contribution in [3.63, 3.8) is 0 Å². The molecule has 614 valence electrons. The van der Waals surface area contributed by atoms with Gasteiger partial charge in [0.1, 0.15) is 5.94 Å². The average Bonchev–Trinajstić information content (AvgIpc) is 1.62. The number of ether oxygens (including phenoxy) is 1. The van der Waals surface area contributed by atoms with Crippen LogP contribution in [-0.4, -0.2) is 180 Å². The van der Waals surface area contributed by atoms with Crippen LogP contribution in [0.15, 0.2) is 158 Å². The van der Waals surface area contributed by atoms with Crippen LogP contribution in [0.25, 0.3) is 66.9 Å². The molecular formula is C91H111Cl5IN12O5S-. The maximum Gasteiger partial charge on any atom is 0.181 e. The van der Waals surface area contributed by atoms with Crippen LogP contribution < -0.4 is 0 Å². The van der Waals surface area contributed by atoms with Gasteiger partial charge in [-0.25, -0.2) is 0 Å². The number of aryl methyl sites for hydroxylation is 2. The van der Waals surface area contributed by atoms with E-state index in [9.17, 15) is 18.4 Å². The topological polar surface area (TPSA) is 168 Å². The molecule has 16 rings (SSSR count). The van der Waals surface area contributed by atoms with Crippen LogP contribution >= 0.6 is 80.6 Å². The molecule has 4 aliphatic heterocycles. The van der Waals surface area contributed by atoms with Crippen molar-refractivity contribution < 1.29 is 23.1 Å². The van der Waals surface area contributed by atoms with E-state index in [-0.39, 0.29) is 45.7 Å². The van der Waals surface area contributed by atoms with Crippen molar-refractivity contribution in [2.24, 2.45) is 0 Å². The Labute approximate surface area is 721 Å². The third-order valence-electron chi connectivity index (χ3n) is 21.3. The number of hydrogen-bond donors (Lipinski definition) is 0. The molecule has 1 unspecified atom stereocenters. The minimum absolute atomic E-state index is 0. The maximum atomic E-state index is 13.5. The van der Waals surface area contributed by atoms with Gasteiger partial charge in [0.05, 0.1) is 74.3 Å². The molecule has 4 aromatic carbocycles. The zero-order valence-electron chi connectivity index (χ0n) is 64.6. The Balaban J connectivity index is 0.000000173. The van der Waals surface area contributed by atoms with E-state index in [0.717, 1.165) is 141 Å². The Bertz CT molecular complexity index is 5160. The lowest BCUT2D eigenvalue weighted by Crippen LogP contribution is -2.34. The van der Waals surface area contributed by atoms with Gasteiger partial charge in [0.25, 0.3) is 0 Å². The first kappa shape index (κ1) is 92.0. The van der Waals surface area contributed by atoms with Gasteiger partial charge in [-0.3, -0.25) is 38.6 Å². The number of fused-ring (bicyclic) bond motifs is 4. The minimum Gasteiger partial charge on any atom is -0.771 e. The molecule has 0 bridgehead atoms. The predicted molar refractivity (Wildman–Crippen MR) is 489 cm³/mol. The molecule has 4 aliphatic rings. The molecular weight excluding hydrogens is 1680 g/mol. The molecule has 4 fully saturated rings. The number of benzene rings is 4. The number of carbonyl (C=O) groups is 2. The zero-order chi connectivity index (χ0) is 78.8. The summed E-state index contributed by atoms with van der Waals surface area (Å²) in [5, 5.41) is 2.84. The number of nitrogens with zero attached hydrogens (tertiary/aromatic N) is 12. The van der Waals surface area contributed by atoms with Gasteiger partial charge < -0.3 is 42.3 Å². The Hall–Kier alpha value is -6.93. The monoisotopic (exact) mass is 1790 g/mol. The van der Waals surface area contributed by atoms with E-state index in [4.69, 9.17) is 67.7 Å². The molecule has 0 spiro atoms. The smallest absolute Gasteiger partial charge is 0.181 e. The van der Waals surface area contributed by atoms with E-state index in [0.29, 0.717) is 45.7 Å². The van der Waals surface area contributed by atoms with Gasteiger partial charge in [-0.2, -0.15) is 0 Å². The van der Waals surface area contributed by atoms with E-state index in [1.807, 2.05) is 130 Å². The van der Waals surface area contributed by atoms with Crippen LogP contribution in [0.4, 0.5) is 0 Å². The molecule has 12 aromatic rings.